The molecule has 0 saturated carbocycles. The predicted molar refractivity (Wildman–Crippen MR) is 92.9 cm³/mol. The van der Waals surface area contributed by atoms with Gasteiger partial charge in [0.1, 0.15) is 5.75 Å². The van der Waals surface area contributed by atoms with Crippen LogP contribution in [0, 0.1) is 0 Å². The number of methoxy groups -OCH3 is 1. The molecule has 122 valence electrons. The molecule has 7 heteroatoms. The highest BCUT2D eigenvalue weighted by molar-refractivity contribution is 6.31. The van der Waals surface area contributed by atoms with Crippen molar-refractivity contribution < 1.29 is 9.53 Å². The Bertz CT molecular complexity index is 998. The van der Waals surface area contributed by atoms with Crippen molar-refractivity contribution in [2.24, 2.45) is 7.05 Å². The largest absolute Gasteiger partial charge is 0.495 e. The molecule has 0 saturated heterocycles. The van der Waals surface area contributed by atoms with Gasteiger partial charge in [0.2, 0.25) is 5.43 Å². The number of para-hydroxylation sites is 2. The Balaban J connectivity index is 2.07. The first-order chi connectivity index (χ1) is 11.5. The SMILES string of the molecule is COc1ccccc1NC(=O)c1nn(C)c2ccc(Cl)cc2c1=O. The molecule has 0 radical (unpaired) electrons. The molecule has 24 heavy (non-hydrogen) atoms. The molecular formula is C17H14ClN3O3. The van der Waals surface area contributed by atoms with E-state index in [-0.39, 0.29) is 5.69 Å². The highest BCUT2D eigenvalue weighted by Gasteiger charge is 2.18. The van der Waals surface area contributed by atoms with E-state index < -0.39 is 11.3 Å². The number of fused-ring (bicyclic) bond motifs is 1. The monoisotopic (exact) mass is 343 g/mol. The molecule has 1 N–H and O–H groups in total. The van der Waals surface area contributed by atoms with Crippen molar-refractivity contribution in [1.29, 1.82) is 0 Å². The summed E-state index contributed by atoms with van der Waals surface area (Å²) < 4.78 is 6.66. The normalized spacial score (nSPS) is 10.6. The maximum atomic E-state index is 12.6. The molecule has 1 aromatic heterocycles. The van der Waals surface area contributed by atoms with Crippen LogP contribution in [-0.4, -0.2) is 22.8 Å². The summed E-state index contributed by atoms with van der Waals surface area (Å²) in [4.78, 5) is 25.1. The Labute approximate surface area is 142 Å². The fourth-order valence-corrected chi connectivity index (χ4v) is 2.60. The molecular weight excluding hydrogens is 330 g/mol. The van der Waals surface area contributed by atoms with Gasteiger partial charge in [-0.3, -0.25) is 14.3 Å². The molecule has 0 unspecified atom stereocenters. The molecule has 0 fully saturated rings. The van der Waals surface area contributed by atoms with Crippen LogP contribution < -0.4 is 15.5 Å². The number of benzene rings is 2. The van der Waals surface area contributed by atoms with Crippen LogP contribution in [0.4, 0.5) is 5.69 Å². The first-order valence-corrected chi connectivity index (χ1v) is 7.50. The van der Waals surface area contributed by atoms with Gasteiger partial charge in [-0.25, -0.2) is 0 Å². The fraction of sp³-hybridized carbons (Fsp3) is 0.118. The summed E-state index contributed by atoms with van der Waals surface area (Å²) in [6, 6.07) is 11.8. The summed E-state index contributed by atoms with van der Waals surface area (Å²) in [6.07, 6.45) is 0. The minimum Gasteiger partial charge on any atom is -0.495 e. The number of halogens is 1. The molecule has 0 aliphatic rings. The lowest BCUT2D eigenvalue weighted by atomic mass is 10.2. The molecule has 1 amide bonds. The number of nitrogens with zero attached hydrogens (tertiary/aromatic N) is 2. The van der Waals surface area contributed by atoms with Gasteiger partial charge in [0.25, 0.3) is 5.91 Å². The molecule has 2 aromatic carbocycles. The Morgan fingerprint density at radius 2 is 2.00 bits per heavy atom. The van der Waals surface area contributed by atoms with Crippen LogP contribution in [0.25, 0.3) is 10.9 Å². The Morgan fingerprint density at radius 3 is 2.75 bits per heavy atom. The number of ether oxygens (including phenoxy) is 1. The van der Waals surface area contributed by atoms with Gasteiger partial charge in [0.15, 0.2) is 5.69 Å². The van der Waals surface area contributed by atoms with E-state index >= 15 is 0 Å². The van der Waals surface area contributed by atoms with Crippen LogP contribution in [0.5, 0.6) is 5.75 Å². The second-order valence-electron chi connectivity index (χ2n) is 5.12. The standard InChI is InChI=1S/C17H14ClN3O3/c1-21-13-8-7-10(18)9-11(13)16(22)15(20-21)17(23)19-12-5-3-4-6-14(12)24-2/h3-9H,1-2H3,(H,19,23). The quantitative estimate of drug-likeness (QED) is 0.793. The smallest absolute Gasteiger partial charge is 0.280 e. The van der Waals surface area contributed by atoms with Crippen LogP contribution in [-0.2, 0) is 7.05 Å². The Morgan fingerprint density at radius 1 is 1.25 bits per heavy atom. The van der Waals surface area contributed by atoms with E-state index in [1.54, 1.807) is 43.4 Å². The van der Waals surface area contributed by atoms with E-state index in [2.05, 4.69) is 10.4 Å². The Kier molecular flexibility index (Phi) is 4.22. The van der Waals surface area contributed by atoms with E-state index in [1.807, 2.05) is 0 Å². The van der Waals surface area contributed by atoms with Crippen molar-refractivity contribution in [3.63, 3.8) is 0 Å². The van der Waals surface area contributed by atoms with Gasteiger partial charge in [0, 0.05) is 12.1 Å². The van der Waals surface area contributed by atoms with Crippen LogP contribution in [0.15, 0.2) is 47.3 Å². The summed E-state index contributed by atoms with van der Waals surface area (Å²) in [5.74, 6) is -0.117. The zero-order valence-electron chi connectivity index (χ0n) is 13.0. The van der Waals surface area contributed by atoms with E-state index in [9.17, 15) is 9.59 Å². The maximum absolute atomic E-state index is 12.6. The zero-order chi connectivity index (χ0) is 17.3. The van der Waals surface area contributed by atoms with Gasteiger partial charge in [-0.05, 0) is 30.3 Å². The average molecular weight is 344 g/mol. The number of carbonyl (C=O) groups excluding carboxylic acids is 1. The lowest BCUT2D eigenvalue weighted by Crippen LogP contribution is -2.26. The van der Waals surface area contributed by atoms with Crippen molar-refractivity contribution >= 4 is 34.1 Å². The number of aryl methyl sites for hydroxylation is 1. The molecule has 0 atom stereocenters. The summed E-state index contributed by atoms with van der Waals surface area (Å²) in [6.45, 7) is 0. The number of amides is 1. The molecule has 3 rings (SSSR count). The highest BCUT2D eigenvalue weighted by Crippen LogP contribution is 2.23. The molecule has 0 bridgehead atoms. The van der Waals surface area contributed by atoms with Crippen LogP contribution >= 0.6 is 11.6 Å². The molecule has 1 heterocycles. The Hall–Kier alpha value is -2.86. The summed E-state index contributed by atoms with van der Waals surface area (Å²) in [7, 11) is 3.16. The molecule has 0 spiro atoms. The average Bonchev–Trinajstić information content (AvgIpc) is 2.58. The summed E-state index contributed by atoms with van der Waals surface area (Å²) in [5, 5.41) is 7.50. The zero-order valence-corrected chi connectivity index (χ0v) is 13.8. The third kappa shape index (κ3) is 2.83. The minimum absolute atomic E-state index is 0.210. The van der Waals surface area contributed by atoms with Gasteiger partial charge in [-0.1, -0.05) is 23.7 Å². The molecule has 0 aliphatic heterocycles. The topological polar surface area (TPSA) is 73.2 Å². The number of aromatic nitrogens is 2. The van der Waals surface area contributed by atoms with Crippen molar-refractivity contribution in [3.8, 4) is 5.75 Å². The number of nitrogens with one attached hydrogen (secondary N) is 1. The van der Waals surface area contributed by atoms with Gasteiger partial charge in [-0.15, -0.1) is 0 Å². The molecule has 3 aromatic rings. The van der Waals surface area contributed by atoms with Crippen molar-refractivity contribution in [2.75, 3.05) is 12.4 Å². The van der Waals surface area contributed by atoms with E-state index in [0.29, 0.717) is 27.4 Å². The summed E-state index contributed by atoms with van der Waals surface area (Å²) >= 11 is 5.96. The number of hydrogen-bond donors (Lipinski definition) is 1. The first kappa shape index (κ1) is 16.0. The van der Waals surface area contributed by atoms with Crippen LogP contribution in [0.3, 0.4) is 0 Å². The highest BCUT2D eigenvalue weighted by atomic mass is 35.5. The fourth-order valence-electron chi connectivity index (χ4n) is 2.43. The number of anilines is 1. The van der Waals surface area contributed by atoms with Gasteiger partial charge in [0.05, 0.1) is 23.7 Å². The second kappa shape index (κ2) is 6.33. The lowest BCUT2D eigenvalue weighted by Gasteiger charge is -2.11. The van der Waals surface area contributed by atoms with Gasteiger partial charge < -0.3 is 10.1 Å². The van der Waals surface area contributed by atoms with Gasteiger partial charge in [-0.2, -0.15) is 5.10 Å². The van der Waals surface area contributed by atoms with E-state index in [1.165, 1.54) is 17.9 Å². The lowest BCUT2D eigenvalue weighted by molar-refractivity contribution is 0.101. The maximum Gasteiger partial charge on any atom is 0.280 e. The first-order valence-electron chi connectivity index (χ1n) is 7.12. The minimum atomic E-state index is -0.609. The number of hydrogen-bond acceptors (Lipinski definition) is 4. The second-order valence-corrected chi connectivity index (χ2v) is 5.55. The van der Waals surface area contributed by atoms with E-state index in [0.717, 1.165) is 0 Å². The summed E-state index contributed by atoms with van der Waals surface area (Å²) in [5.41, 5.74) is 0.370. The van der Waals surface area contributed by atoms with Crippen LogP contribution in [0.1, 0.15) is 10.5 Å². The van der Waals surface area contributed by atoms with Crippen molar-refractivity contribution in [2.45, 2.75) is 0 Å². The van der Waals surface area contributed by atoms with Crippen LogP contribution in [0.2, 0.25) is 5.02 Å². The van der Waals surface area contributed by atoms with E-state index in [4.69, 9.17) is 16.3 Å². The number of rotatable bonds is 3. The predicted octanol–water partition coefficient (Wildman–Crippen LogP) is 2.85. The van der Waals surface area contributed by atoms with Crippen molar-refractivity contribution in [3.05, 3.63) is 63.4 Å². The third-order valence-corrected chi connectivity index (χ3v) is 3.82. The molecule has 0 aliphatic carbocycles. The third-order valence-electron chi connectivity index (χ3n) is 3.59. The van der Waals surface area contributed by atoms with Gasteiger partial charge >= 0.3 is 0 Å². The van der Waals surface area contributed by atoms with Crippen molar-refractivity contribution in [1.82, 2.24) is 9.78 Å². The molecule has 6 nitrogen and oxygen atoms in total. The number of carbonyl (C=O) groups is 1.